The van der Waals surface area contributed by atoms with Crippen molar-refractivity contribution in [2.75, 3.05) is 13.2 Å². The van der Waals surface area contributed by atoms with Crippen molar-refractivity contribution < 1.29 is 13.2 Å². The van der Waals surface area contributed by atoms with E-state index in [2.05, 4.69) is 11.6 Å². The number of ether oxygens (including phenoxy) is 1. The first-order chi connectivity index (χ1) is 11.5. The van der Waals surface area contributed by atoms with Gasteiger partial charge >= 0.3 is 0 Å². The molecule has 0 aliphatic carbocycles. The SMILES string of the molecule is CCCc1ccc(OCCNS(=O)(=O)Cc2ccc(Cl)cc2)cc1. The van der Waals surface area contributed by atoms with Crippen LogP contribution in [0.4, 0.5) is 0 Å². The summed E-state index contributed by atoms with van der Waals surface area (Å²) in [4.78, 5) is 0. The third kappa shape index (κ3) is 6.51. The fourth-order valence-corrected chi connectivity index (χ4v) is 3.51. The molecule has 0 bridgehead atoms. The van der Waals surface area contributed by atoms with E-state index in [1.54, 1.807) is 24.3 Å². The van der Waals surface area contributed by atoms with Crippen LogP contribution in [0.3, 0.4) is 0 Å². The zero-order valence-corrected chi connectivity index (χ0v) is 15.2. The van der Waals surface area contributed by atoms with E-state index in [0.29, 0.717) is 10.6 Å². The number of aryl methyl sites for hydroxylation is 1. The largest absolute Gasteiger partial charge is 0.492 e. The number of nitrogens with one attached hydrogen (secondary N) is 1. The smallest absolute Gasteiger partial charge is 0.215 e. The summed E-state index contributed by atoms with van der Waals surface area (Å²) in [5.41, 5.74) is 1.97. The van der Waals surface area contributed by atoms with Gasteiger partial charge < -0.3 is 4.74 Å². The Labute approximate surface area is 148 Å². The molecule has 0 amide bonds. The molecule has 6 heteroatoms. The highest BCUT2D eigenvalue weighted by atomic mass is 35.5. The summed E-state index contributed by atoms with van der Waals surface area (Å²) in [6, 6.07) is 14.6. The Morgan fingerprint density at radius 1 is 1.00 bits per heavy atom. The summed E-state index contributed by atoms with van der Waals surface area (Å²) in [7, 11) is -3.39. The highest BCUT2D eigenvalue weighted by Gasteiger charge is 2.10. The lowest BCUT2D eigenvalue weighted by atomic mass is 10.1. The van der Waals surface area contributed by atoms with Crippen LogP contribution in [-0.2, 0) is 22.2 Å². The molecule has 4 nitrogen and oxygen atoms in total. The van der Waals surface area contributed by atoms with E-state index < -0.39 is 10.0 Å². The first-order valence-corrected chi connectivity index (χ1v) is 9.95. The summed E-state index contributed by atoms with van der Waals surface area (Å²) in [5, 5.41) is 0.586. The maximum Gasteiger partial charge on any atom is 0.215 e. The molecule has 0 saturated carbocycles. The molecule has 2 aromatic rings. The summed E-state index contributed by atoms with van der Waals surface area (Å²) in [6.07, 6.45) is 2.15. The molecule has 0 heterocycles. The van der Waals surface area contributed by atoms with E-state index in [4.69, 9.17) is 16.3 Å². The van der Waals surface area contributed by atoms with Crippen molar-refractivity contribution in [3.8, 4) is 5.75 Å². The van der Waals surface area contributed by atoms with Crippen molar-refractivity contribution in [2.24, 2.45) is 0 Å². The summed E-state index contributed by atoms with van der Waals surface area (Å²) in [6.45, 7) is 2.65. The molecule has 0 saturated heterocycles. The first-order valence-electron chi connectivity index (χ1n) is 7.92. The van der Waals surface area contributed by atoms with Crippen LogP contribution in [0.2, 0.25) is 5.02 Å². The topological polar surface area (TPSA) is 55.4 Å². The van der Waals surface area contributed by atoms with Gasteiger partial charge in [0, 0.05) is 11.6 Å². The first kappa shape index (κ1) is 18.8. The molecule has 0 radical (unpaired) electrons. The minimum absolute atomic E-state index is 0.0735. The van der Waals surface area contributed by atoms with E-state index in [1.165, 1.54) is 5.56 Å². The zero-order valence-electron chi connectivity index (χ0n) is 13.7. The molecule has 1 N–H and O–H groups in total. The average molecular weight is 368 g/mol. The fourth-order valence-electron chi connectivity index (χ4n) is 2.26. The Morgan fingerprint density at radius 3 is 2.25 bits per heavy atom. The van der Waals surface area contributed by atoms with Gasteiger partial charge in [0.15, 0.2) is 0 Å². The number of rotatable bonds is 9. The molecule has 130 valence electrons. The monoisotopic (exact) mass is 367 g/mol. The highest BCUT2D eigenvalue weighted by molar-refractivity contribution is 7.88. The second-order valence-electron chi connectivity index (χ2n) is 5.52. The minimum Gasteiger partial charge on any atom is -0.492 e. The van der Waals surface area contributed by atoms with E-state index in [9.17, 15) is 8.42 Å². The lowest BCUT2D eigenvalue weighted by Crippen LogP contribution is -2.29. The van der Waals surface area contributed by atoms with Crippen LogP contribution in [0.25, 0.3) is 0 Å². The lowest BCUT2D eigenvalue weighted by molar-refractivity contribution is 0.322. The Morgan fingerprint density at radius 2 is 1.62 bits per heavy atom. The normalized spacial score (nSPS) is 11.4. The van der Waals surface area contributed by atoms with E-state index >= 15 is 0 Å². The third-order valence-electron chi connectivity index (χ3n) is 3.42. The third-order valence-corrected chi connectivity index (χ3v) is 5.03. The summed E-state index contributed by atoms with van der Waals surface area (Å²) in [5.74, 6) is 0.669. The predicted molar refractivity (Wildman–Crippen MR) is 98.0 cm³/mol. The van der Waals surface area contributed by atoms with Gasteiger partial charge in [-0.25, -0.2) is 13.1 Å². The van der Waals surface area contributed by atoms with Gasteiger partial charge in [-0.3, -0.25) is 0 Å². The Balaban J connectivity index is 1.75. The van der Waals surface area contributed by atoms with Crippen molar-refractivity contribution in [1.82, 2.24) is 4.72 Å². The second-order valence-corrected chi connectivity index (χ2v) is 7.77. The summed E-state index contributed by atoms with van der Waals surface area (Å²) < 4.78 is 32.1. The maximum atomic E-state index is 12.0. The molecule has 2 rings (SSSR count). The van der Waals surface area contributed by atoms with Gasteiger partial charge in [-0.15, -0.1) is 0 Å². The van der Waals surface area contributed by atoms with E-state index in [-0.39, 0.29) is 18.9 Å². The lowest BCUT2D eigenvalue weighted by Gasteiger charge is -2.09. The number of halogens is 1. The van der Waals surface area contributed by atoms with Crippen molar-refractivity contribution in [1.29, 1.82) is 0 Å². The van der Waals surface area contributed by atoms with E-state index in [0.717, 1.165) is 18.6 Å². The van der Waals surface area contributed by atoms with Crippen LogP contribution in [0.5, 0.6) is 5.75 Å². The van der Waals surface area contributed by atoms with Crippen molar-refractivity contribution in [3.63, 3.8) is 0 Å². The van der Waals surface area contributed by atoms with Gasteiger partial charge in [0.05, 0.1) is 5.75 Å². The number of sulfonamides is 1. The second kappa shape index (κ2) is 9.06. The standard InChI is InChI=1S/C18H22ClNO3S/c1-2-3-15-6-10-18(11-7-15)23-13-12-20-24(21,22)14-16-4-8-17(19)9-5-16/h4-11,20H,2-3,12-14H2,1H3. The van der Waals surface area contributed by atoms with Crippen molar-refractivity contribution in [2.45, 2.75) is 25.5 Å². The Kier molecular flexibility index (Phi) is 7.09. The molecule has 0 aliphatic heterocycles. The maximum absolute atomic E-state index is 12.0. The minimum atomic E-state index is -3.39. The van der Waals surface area contributed by atoms with Gasteiger partial charge in [0.25, 0.3) is 0 Å². The molecule has 0 unspecified atom stereocenters. The van der Waals surface area contributed by atoms with Gasteiger partial charge in [-0.05, 0) is 41.8 Å². The number of benzene rings is 2. The average Bonchev–Trinajstić information content (AvgIpc) is 2.55. The number of hydrogen-bond acceptors (Lipinski definition) is 3. The quantitative estimate of drug-likeness (QED) is 0.686. The van der Waals surface area contributed by atoms with Crippen LogP contribution < -0.4 is 9.46 Å². The molecule has 0 spiro atoms. The van der Waals surface area contributed by atoms with Crippen LogP contribution in [-0.4, -0.2) is 21.6 Å². The van der Waals surface area contributed by atoms with Crippen LogP contribution >= 0.6 is 11.6 Å². The number of hydrogen-bond donors (Lipinski definition) is 1. The fraction of sp³-hybridized carbons (Fsp3) is 0.333. The molecular formula is C18H22ClNO3S. The van der Waals surface area contributed by atoms with Crippen LogP contribution in [0.15, 0.2) is 48.5 Å². The molecule has 2 aromatic carbocycles. The molecule has 0 atom stereocenters. The van der Waals surface area contributed by atoms with Gasteiger partial charge in [0.2, 0.25) is 10.0 Å². The van der Waals surface area contributed by atoms with Crippen LogP contribution in [0, 0.1) is 0 Å². The van der Waals surface area contributed by atoms with Gasteiger partial charge in [-0.2, -0.15) is 0 Å². The van der Waals surface area contributed by atoms with Crippen molar-refractivity contribution >= 4 is 21.6 Å². The van der Waals surface area contributed by atoms with Crippen LogP contribution in [0.1, 0.15) is 24.5 Å². The predicted octanol–water partition coefficient (Wildman–Crippen LogP) is 3.79. The molecule has 24 heavy (non-hydrogen) atoms. The Bertz CT molecular complexity index is 728. The van der Waals surface area contributed by atoms with Gasteiger partial charge in [-0.1, -0.05) is 49.2 Å². The molecule has 0 fully saturated rings. The summed E-state index contributed by atoms with van der Waals surface area (Å²) >= 11 is 5.79. The van der Waals surface area contributed by atoms with Gasteiger partial charge in [0.1, 0.15) is 12.4 Å². The molecule has 0 aromatic heterocycles. The zero-order chi connectivity index (χ0) is 17.4. The molecule has 0 aliphatic rings. The highest BCUT2D eigenvalue weighted by Crippen LogP contribution is 2.13. The molecular weight excluding hydrogens is 346 g/mol. The van der Waals surface area contributed by atoms with Crippen molar-refractivity contribution in [3.05, 3.63) is 64.7 Å². The Hall–Kier alpha value is -1.56. The van der Waals surface area contributed by atoms with E-state index in [1.807, 2.05) is 24.3 Å².